The van der Waals surface area contributed by atoms with Crippen molar-refractivity contribution < 1.29 is 0 Å². The van der Waals surface area contributed by atoms with Crippen LogP contribution in [0.4, 0.5) is 0 Å². The van der Waals surface area contributed by atoms with Crippen molar-refractivity contribution in [3.05, 3.63) is 0 Å². The third kappa shape index (κ3) is 1.99. The van der Waals surface area contributed by atoms with Gasteiger partial charge in [-0.2, -0.15) is 0 Å². The average molecular weight is 111 g/mol. The molecule has 2 N–H and O–H groups in total. The van der Waals surface area contributed by atoms with Gasteiger partial charge in [0.05, 0.1) is 6.04 Å². The van der Waals surface area contributed by atoms with E-state index in [-0.39, 0.29) is 11.5 Å². The summed E-state index contributed by atoms with van der Waals surface area (Å²) in [6, 6.07) is -0.123. The van der Waals surface area contributed by atoms with Crippen molar-refractivity contribution in [2.45, 2.75) is 26.8 Å². The van der Waals surface area contributed by atoms with Crippen molar-refractivity contribution in [2.75, 3.05) is 0 Å². The highest BCUT2D eigenvalue weighted by Gasteiger charge is 2.17. The van der Waals surface area contributed by atoms with Gasteiger partial charge in [-0.15, -0.1) is 6.42 Å². The van der Waals surface area contributed by atoms with Gasteiger partial charge in [-0.3, -0.25) is 0 Å². The molecule has 0 rings (SSSR count). The molecule has 0 fully saturated rings. The van der Waals surface area contributed by atoms with Crippen molar-refractivity contribution in [3.8, 4) is 12.3 Å². The highest BCUT2D eigenvalue weighted by atomic mass is 14.6. The van der Waals surface area contributed by atoms with Gasteiger partial charge in [0.1, 0.15) is 0 Å². The number of terminal acetylenes is 1. The molecule has 0 spiro atoms. The van der Waals surface area contributed by atoms with Gasteiger partial charge >= 0.3 is 0 Å². The van der Waals surface area contributed by atoms with Crippen molar-refractivity contribution in [1.82, 2.24) is 0 Å². The topological polar surface area (TPSA) is 26.0 Å². The predicted molar refractivity (Wildman–Crippen MR) is 36.3 cm³/mol. The maximum atomic E-state index is 5.51. The lowest BCUT2D eigenvalue weighted by Gasteiger charge is -2.21. The van der Waals surface area contributed by atoms with Gasteiger partial charge in [-0.05, 0) is 5.41 Å². The van der Waals surface area contributed by atoms with Crippen LogP contribution >= 0.6 is 0 Å². The fourth-order valence-electron chi connectivity index (χ4n) is 0.250. The van der Waals surface area contributed by atoms with Gasteiger partial charge in [0.15, 0.2) is 0 Å². The summed E-state index contributed by atoms with van der Waals surface area (Å²) in [4.78, 5) is 0. The summed E-state index contributed by atoms with van der Waals surface area (Å²) in [5.74, 6) is 2.48. The van der Waals surface area contributed by atoms with Crippen LogP contribution in [0.5, 0.6) is 0 Å². The molecule has 1 atom stereocenters. The summed E-state index contributed by atoms with van der Waals surface area (Å²) in [5, 5.41) is 0. The summed E-state index contributed by atoms with van der Waals surface area (Å²) >= 11 is 0. The van der Waals surface area contributed by atoms with Crippen LogP contribution in [0.1, 0.15) is 20.8 Å². The normalized spacial score (nSPS) is 14.9. The van der Waals surface area contributed by atoms with Gasteiger partial charge in [0, 0.05) is 0 Å². The Labute approximate surface area is 51.3 Å². The Morgan fingerprint density at radius 1 is 1.50 bits per heavy atom. The second kappa shape index (κ2) is 2.19. The number of nitrogens with two attached hydrogens (primary N) is 1. The molecule has 0 heterocycles. The number of hydrogen-bond acceptors (Lipinski definition) is 1. The minimum absolute atomic E-state index is 0.0503. The Balaban J connectivity index is 3.87. The SMILES string of the molecule is C#C[C@H](N)C(C)(C)C. The third-order valence-electron chi connectivity index (χ3n) is 1.11. The first-order valence-corrected chi connectivity index (χ1v) is 2.70. The first-order valence-electron chi connectivity index (χ1n) is 2.70. The van der Waals surface area contributed by atoms with Gasteiger partial charge in [-0.1, -0.05) is 26.7 Å². The molecule has 0 radical (unpaired) electrons. The van der Waals surface area contributed by atoms with Crippen molar-refractivity contribution >= 4 is 0 Å². The van der Waals surface area contributed by atoms with Gasteiger partial charge < -0.3 is 5.73 Å². The lowest BCUT2D eigenvalue weighted by molar-refractivity contribution is 0.375. The third-order valence-corrected chi connectivity index (χ3v) is 1.11. The van der Waals surface area contributed by atoms with E-state index in [0.29, 0.717) is 0 Å². The second-order valence-electron chi connectivity index (χ2n) is 3.01. The lowest BCUT2D eigenvalue weighted by atomic mass is 9.88. The average Bonchev–Trinajstić information content (AvgIpc) is 1.62. The van der Waals surface area contributed by atoms with E-state index in [2.05, 4.69) is 5.92 Å². The molecule has 0 aliphatic carbocycles. The Bertz CT molecular complexity index is 103. The van der Waals surface area contributed by atoms with Gasteiger partial charge in [0.25, 0.3) is 0 Å². The molecule has 0 aromatic heterocycles. The second-order valence-corrected chi connectivity index (χ2v) is 3.01. The molecule has 0 amide bonds. The molecule has 1 nitrogen and oxygen atoms in total. The standard InChI is InChI=1S/C7H13N/c1-5-6(8)7(2,3)4/h1,6H,8H2,2-4H3/t6-/m0/s1. The van der Waals surface area contributed by atoms with E-state index in [1.165, 1.54) is 0 Å². The monoisotopic (exact) mass is 111 g/mol. The van der Waals surface area contributed by atoms with E-state index in [0.717, 1.165) is 0 Å². The van der Waals surface area contributed by atoms with Crippen LogP contribution in [0.2, 0.25) is 0 Å². The molecule has 0 aliphatic heterocycles. The molecule has 0 saturated carbocycles. The molecule has 46 valence electrons. The van der Waals surface area contributed by atoms with Gasteiger partial charge in [-0.25, -0.2) is 0 Å². The Morgan fingerprint density at radius 3 is 1.88 bits per heavy atom. The van der Waals surface area contributed by atoms with Crippen LogP contribution in [0.25, 0.3) is 0 Å². The lowest BCUT2D eigenvalue weighted by Crippen LogP contribution is -2.33. The molecule has 0 aromatic rings. The molecular formula is C7H13N. The van der Waals surface area contributed by atoms with Gasteiger partial charge in [0.2, 0.25) is 0 Å². The smallest absolute Gasteiger partial charge is 0.0711 e. The summed E-state index contributed by atoms with van der Waals surface area (Å²) in [6.07, 6.45) is 5.08. The summed E-state index contributed by atoms with van der Waals surface area (Å²) in [7, 11) is 0. The highest BCUT2D eigenvalue weighted by Crippen LogP contribution is 2.15. The minimum atomic E-state index is -0.123. The molecule has 1 heteroatoms. The largest absolute Gasteiger partial charge is 0.317 e. The fraction of sp³-hybridized carbons (Fsp3) is 0.714. The van der Waals surface area contributed by atoms with Crippen molar-refractivity contribution in [2.24, 2.45) is 11.1 Å². The quantitative estimate of drug-likeness (QED) is 0.463. The molecule has 0 aromatic carbocycles. The minimum Gasteiger partial charge on any atom is -0.317 e. The zero-order valence-electron chi connectivity index (χ0n) is 5.73. The Kier molecular flexibility index (Phi) is 2.06. The maximum Gasteiger partial charge on any atom is 0.0711 e. The fourth-order valence-corrected chi connectivity index (χ4v) is 0.250. The van der Waals surface area contributed by atoms with Crippen molar-refractivity contribution in [3.63, 3.8) is 0 Å². The van der Waals surface area contributed by atoms with Crippen LogP contribution < -0.4 is 5.73 Å². The first kappa shape index (κ1) is 7.52. The summed E-state index contributed by atoms with van der Waals surface area (Å²) in [5.41, 5.74) is 5.56. The molecule has 0 unspecified atom stereocenters. The predicted octanol–water partition coefficient (Wildman–Crippen LogP) is 0.993. The molecule has 0 bridgehead atoms. The van der Waals surface area contributed by atoms with Crippen LogP contribution in [-0.4, -0.2) is 6.04 Å². The van der Waals surface area contributed by atoms with E-state index in [4.69, 9.17) is 12.2 Å². The van der Waals surface area contributed by atoms with E-state index >= 15 is 0 Å². The number of rotatable bonds is 0. The summed E-state index contributed by atoms with van der Waals surface area (Å²) in [6.45, 7) is 6.08. The summed E-state index contributed by atoms with van der Waals surface area (Å²) < 4.78 is 0. The Hall–Kier alpha value is -0.480. The van der Waals surface area contributed by atoms with E-state index in [9.17, 15) is 0 Å². The molecule has 8 heavy (non-hydrogen) atoms. The highest BCUT2D eigenvalue weighted by molar-refractivity contribution is 5.02. The van der Waals surface area contributed by atoms with Crippen LogP contribution in [0.3, 0.4) is 0 Å². The number of hydrogen-bond donors (Lipinski definition) is 1. The molecule has 0 saturated heterocycles. The van der Waals surface area contributed by atoms with Crippen LogP contribution in [-0.2, 0) is 0 Å². The zero-order chi connectivity index (χ0) is 6.78. The van der Waals surface area contributed by atoms with E-state index < -0.39 is 0 Å². The Morgan fingerprint density at radius 2 is 1.88 bits per heavy atom. The zero-order valence-corrected chi connectivity index (χ0v) is 5.73. The molecular weight excluding hydrogens is 98.1 g/mol. The maximum absolute atomic E-state index is 5.51. The van der Waals surface area contributed by atoms with Crippen molar-refractivity contribution in [1.29, 1.82) is 0 Å². The van der Waals surface area contributed by atoms with E-state index in [1.807, 2.05) is 20.8 Å². The first-order chi connectivity index (χ1) is 3.48. The van der Waals surface area contributed by atoms with Crippen LogP contribution in [0, 0.1) is 17.8 Å². The van der Waals surface area contributed by atoms with Crippen LogP contribution in [0.15, 0.2) is 0 Å². The van der Waals surface area contributed by atoms with E-state index in [1.54, 1.807) is 0 Å². The molecule has 0 aliphatic rings.